The van der Waals surface area contributed by atoms with Crippen molar-refractivity contribution in [3.05, 3.63) is 66.0 Å². The first-order chi connectivity index (χ1) is 10.7. The van der Waals surface area contributed by atoms with Gasteiger partial charge in [0.15, 0.2) is 11.0 Å². The number of thioether (sulfide) groups is 1. The van der Waals surface area contributed by atoms with Crippen molar-refractivity contribution < 1.29 is 9.18 Å². The number of rotatable bonds is 4. The summed E-state index contributed by atoms with van der Waals surface area (Å²) >= 11 is 1.65. The van der Waals surface area contributed by atoms with Gasteiger partial charge < -0.3 is 4.90 Å². The third kappa shape index (κ3) is 3.36. The second-order valence-corrected chi connectivity index (χ2v) is 5.93. The van der Waals surface area contributed by atoms with Crippen molar-refractivity contribution in [1.29, 1.82) is 0 Å². The molecule has 3 nitrogen and oxygen atoms in total. The van der Waals surface area contributed by atoms with Crippen LogP contribution in [0.1, 0.15) is 10.4 Å². The molecule has 0 aromatic heterocycles. The first kappa shape index (κ1) is 14.8. The van der Waals surface area contributed by atoms with Gasteiger partial charge in [-0.2, -0.15) is 0 Å². The number of para-hydroxylation sites is 1. The van der Waals surface area contributed by atoms with E-state index < -0.39 is 0 Å². The van der Waals surface area contributed by atoms with Gasteiger partial charge in [-0.1, -0.05) is 30.0 Å². The molecule has 5 heteroatoms. The third-order valence-electron chi connectivity index (χ3n) is 3.34. The summed E-state index contributed by atoms with van der Waals surface area (Å²) in [6.45, 7) is 0.968. The zero-order valence-corrected chi connectivity index (χ0v) is 12.7. The minimum Gasteiger partial charge on any atom is -0.313 e. The normalized spacial score (nSPS) is 13.8. The van der Waals surface area contributed by atoms with Gasteiger partial charge in [0, 0.05) is 17.0 Å². The van der Waals surface area contributed by atoms with Crippen LogP contribution in [0.2, 0.25) is 0 Å². The number of hydrogen-bond donors (Lipinski definition) is 0. The quantitative estimate of drug-likeness (QED) is 0.808. The highest BCUT2D eigenvalue weighted by Crippen LogP contribution is 2.23. The van der Waals surface area contributed by atoms with Crippen molar-refractivity contribution in [3.63, 3.8) is 0 Å². The Hall–Kier alpha value is -2.14. The van der Waals surface area contributed by atoms with Crippen LogP contribution < -0.4 is 4.90 Å². The van der Waals surface area contributed by atoms with Crippen molar-refractivity contribution in [1.82, 2.24) is 0 Å². The number of nitrogens with zero attached hydrogens (tertiary/aromatic N) is 2. The number of carbonyl (C=O) groups excluding carboxylic acids is 1. The molecule has 1 aliphatic rings. The molecular formula is C17H15FN2OS. The SMILES string of the molecule is O=C(CN(C1=NCCS1)c1ccccc1)c1ccc(F)cc1. The molecule has 0 bridgehead atoms. The molecule has 0 amide bonds. The van der Waals surface area contributed by atoms with Gasteiger partial charge in [-0.05, 0) is 36.4 Å². The van der Waals surface area contributed by atoms with E-state index in [9.17, 15) is 9.18 Å². The number of carbonyl (C=O) groups is 1. The fraction of sp³-hybridized carbons (Fsp3) is 0.176. The van der Waals surface area contributed by atoms with E-state index in [1.807, 2.05) is 35.2 Å². The van der Waals surface area contributed by atoms with Crippen LogP contribution in [0.4, 0.5) is 10.1 Å². The average molecular weight is 314 g/mol. The van der Waals surface area contributed by atoms with Gasteiger partial charge >= 0.3 is 0 Å². The summed E-state index contributed by atoms with van der Waals surface area (Å²) in [5.74, 6) is 0.537. The Labute approximate surface area is 132 Å². The zero-order valence-electron chi connectivity index (χ0n) is 11.9. The molecule has 0 unspecified atom stereocenters. The Morgan fingerprint density at radius 3 is 2.50 bits per heavy atom. The molecule has 2 aromatic carbocycles. The summed E-state index contributed by atoms with van der Waals surface area (Å²) in [5, 5.41) is 0.863. The van der Waals surface area contributed by atoms with E-state index in [0.29, 0.717) is 5.56 Å². The smallest absolute Gasteiger partial charge is 0.182 e. The maximum Gasteiger partial charge on any atom is 0.182 e. The summed E-state index contributed by atoms with van der Waals surface area (Å²) in [5.41, 5.74) is 1.44. The Morgan fingerprint density at radius 2 is 1.86 bits per heavy atom. The minimum atomic E-state index is -0.341. The molecule has 0 atom stereocenters. The van der Waals surface area contributed by atoms with Gasteiger partial charge in [-0.3, -0.25) is 9.79 Å². The standard InChI is InChI=1S/C17H15FN2OS/c18-14-8-6-13(7-9-14)16(21)12-20(17-19-10-11-22-17)15-4-2-1-3-5-15/h1-9H,10-12H2. The number of halogens is 1. The fourth-order valence-electron chi connectivity index (χ4n) is 2.24. The number of ketones is 1. The molecule has 22 heavy (non-hydrogen) atoms. The van der Waals surface area contributed by atoms with Crippen molar-refractivity contribution in [2.45, 2.75) is 0 Å². The first-order valence-electron chi connectivity index (χ1n) is 7.02. The van der Waals surface area contributed by atoms with Gasteiger partial charge in [0.2, 0.25) is 0 Å². The van der Waals surface area contributed by atoms with Crippen LogP contribution in [-0.2, 0) is 0 Å². The summed E-state index contributed by atoms with van der Waals surface area (Å²) < 4.78 is 13.0. The number of amidine groups is 1. The minimum absolute atomic E-state index is 0.0564. The largest absolute Gasteiger partial charge is 0.313 e. The lowest BCUT2D eigenvalue weighted by molar-refractivity contribution is 0.100. The molecule has 0 saturated heterocycles. The lowest BCUT2D eigenvalue weighted by Crippen LogP contribution is -2.33. The fourth-order valence-corrected chi connectivity index (χ4v) is 3.11. The molecule has 1 aliphatic heterocycles. The molecule has 0 spiro atoms. The van der Waals surface area contributed by atoms with E-state index >= 15 is 0 Å². The van der Waals surface area contributed by atoms with Crippen LogP contribution in [0, 0.1) is 5.82 Å². The topological polar surface area (TPSA) is 32.7 Å². The Balaban J connectivity index is 1.84. The van der Waals surface area contributed by atoms with Crippen LogP contribution in [0.25, 0.3) is 0 Å². The number of anilines is 1. The predicted octanol–water partition coefficient (Wildman–Crippen LogP) is 3.62. The molecule has 0 saturated carbocycles. The van der Waals surface area contributed by atoms with Crippen molar-refractivity contribution in [3.8, 4) is 0 Å². The molecule has 2 aromatic rings. The lowest BCUT2D eigenvalue weighted by atomic mass is 10.1. The van der Waals surface area contributed by atoms with Gasteiger partial charge in [-0.15, -0.1) is 0 Å². The molecular weight excluding hydrogens is 299 g/mol. The van der Waals surface area contributed by atoms with E-state index in [1.165, 1.54) is 24.3 Å². The van der Waals surface area contributed by atoms with Crippen LogP contribution in [-0.4, -0.2) is 29.8 Å². The summed E-state index contributed by atoms with van der Waals surface area (Å²) in [6, 6.07) is 15.4. The average Bonchev–Trinajstić information content (AvgIpc) is 3.08. The van der Waals surface area contributed by atoms with E-state index in [1.54, 1.807) is 11.8 Å². The molecule has 112 valence electrons. The van der Waals surface area contributed by atoms with Crippen LogP contribution in [0.5, 0.6) is 0 Å². The van der Waals surface area contributed by atoms with E-state index in [2.05, 4.69) is 4.99 Å². The Bertz CT molecular complexity index is 686. The number of Topliss-reactive ketones (excluding diaryl/α,β-unsaturated/α-hetero) is 1. The van der Waals surface area contributed by atoms with E-state index in [-0.39, 0.29) is 18.1 Å². The van der Waals surface area contributed by atoms with Gasteiger partial charge in [0.05, 0.1) is 13.1 Å². The molecule has 0 fully saturated rings. The maximum atomic E-state index is 13.0. The molecule has 0 N–H and O–H groups in total. The van der Waals surface area contributed by atoms with Crippen molar-refractivity contribution in [2.24, 2.45) is 4.99 Å². The van der Waals surface area contributed by atoms with E-state index in [4.69, 9.17) is 0 Å². The summed E-state index contributed by atoms with van der Waals surface area (Å²) in [4.78, 5) is 18.9. The van der Waals surface area contributed by atoms with Crippen molar-refractivity contribution in [2.75, 3.05) is 23.7 Å². The van der Waals surface area contributed by atoms with Gasteiger partial charge in [0.1, 0.15) is 5.82 Å². The molecule has 3 rings (SSSR count). The Morgan fingerprint density at radius 1 is 1.14 bits per heavy atom. The predicted molar refractivity (Wildman–Crippen MR) is 89.3 cm³/mol. The number of hydrogen-bond acceptors (Lipinski definition) is 4. The summed E-state index contributed by atoms with van der Waals surface area (Å²) in [6.07, 6.45) is 0. The second-order valence-electron chi connectivity index (χ2n) is 4.86. The first-order valence-corrected chi connectivity index (χ1v) is 8.01. The molecule has 1 heterocycles. The van der Waals surface area contributed by atoms with Crippen LogP contribution in [0.15, 0.2) is 59.6 Å². The molecule has 0 aliphatic carbocycles. The monoisotopic (exact) mass is 314 g/mol. The number of benzene rings is 2. The highest BCUT2D eigenvalue weighted by atomic mass is 32.2. The second kappa shape index (κ2) is 6.75. The maximum absolute atomic E-state index is 13.0. The van der Waals surface area contributed by atoms with Gasteiger partial charge in [-0.25, -0.2) is 4.39 Å². The lowest BCUT2D eigenvalue weighted by Gasteiger charge is -2.23. The third-order valence-corrected chi connectivity index (χ3v) is 4.33. The highest BCUT2D eigenvalue weighted by molar-refractivity contribution is 8.14. The van der Waals surface area contributed by atoms with Gasteiger partial charge in [0.25, 0.3) is 0 Å². The summed E-state index contributed by atoms with van der Waals surface area (Å²) in [7, 11) is 0. The molecule has 0 radical (unpaired) electrons. The number of aliphatic imine (C=N–C) groups is 1. The van der Waals surface area contributed by atoms with Crippen LogP contribution >= 0.6 is 11.8 Å². The van der Waals surface area contributed by atoms with E-state index in [0.717, 1.165) is 23.2 Å². The highest BCUT2D eigenvalue weighted by Gasteiger charge is 2.21. The van der Waals surface area contributed by atoms with Crippen LogP contribution in [0.3, 0.4) is 0 Å². The Kier molecular flexibility index (Phi) is 4.53. The van der Waals surface area contributed by atoms with Crippen molar-refractivity contribution >= 4 is 28.4 Å². The zero-order chi connectivity index (χ0) is 15.4.